The summed E-state index contributed by atoms with van der Waals surface area (Å²) in [7, 11) is 0. The molecule has 1 atom stereocenters. The molecule has 0 fully saturated rings. The molecule has 0 radical (unpaired) electrons. The molecule has 1 aromatic carbocycles. The summed E-state index contributed by atoms with van der Waals surface area (Å²) in [6.07, 6.45) is 2.60. The maximum Gasteiger partial charge on any atom is 0.282 e. The zero-order valence-electron chi connectivity index (χ0n) is 10.00. The van der Waals surface area contributed by atoms with E-state index in [9.17, 15) is 13.9 Å². The molecule has 0 amide bonds. The molecule has 2 rings (SSSR count). The van der Waals surface area contributed by atoms with Crippen LogP contribution in [0.15, 0.2) is 18.2 Å². The lowest BCUT2D eigenvalue weighted by atomic mass is 9.87. The first kappa shape index (κ1) is 13.2. The van der Waals surface area contributed by atoms with Gasteiger partial charge in [0, 0.05) is 6.04 Å². The van der Waals surface area contributed by atoms with Crippen LogP contribution in [0, 0.1) is 0 Å². The fourth-order valence-electron chi connectivity index (χ4n) is 2.33. The Morgan fingerprint density at radius 1 is 1.39 bits per heavy atom. The van der Waals surface area contributed by atoms with Crippen LogP contribution in [0.3, 0.4) is 0 Å². The molecule has 0 saturated carbocycles. The Morgan fingerprint density at radius 3 is 2.89 bits per heavy atom. The smallest absolute Gasteiger partial charge is 0.282 e. The summed E-state index contributed by atoms with van der Waals surface area (Å²) in [5, 5.41) is 20.8. The van der Waals surface area contributed by atoms with Crippen LogP contribution < -0.4 is 5.32 Å². The third kappa shape index (κ3) is 2.97. The summed E-state index contributed by atoms with van der Waals surface area (Å²) in [6, 6.07) is 4.90. The molecular formula is C13H17F2NO2. The zero-order chi connectivity index (χ0) is 13.2. The van der Waals surface area contributed by atoms with Gasteiger partial charge >= 0.3 is 0 Å². The number of hydrogen-bond acceptors (Lipinski definition) is 3. The highest BCUT2D eigenvalue weighted by molar-refractivity contribution is 5.38. The molecule has 1 aliphatic rings. The van der Waals surface area contributed by atoms with Gasteiger partial charge in [-0.1, -0.05) is 6.07 Å². The Balaban J connectivity index is 2.10. The van der Waals surface area contributed by atoms with Crippen molar-refractivity contribution in [3.05, 3.63) is 29.3 Å². The van der Waals surface area contributed by atoms with E-state index in [4.69, 9.17) is 5.11 Å². The van der Waals surface area contributed by atoms with Gasteiger partial charge in [-0.25, -0.2) is 8.78 Å². The first-order valence-corrected chi connectivity index (χ1v) is 6.06. The van der Waals surface area contributed by atoms with Crippen molar-refractivity contribution >= 4 is 0 Å². The van der Waals surface area contributed by atoms with Gasteiger partial charge in [-0.3, -0.25) is 0 Å². The topological polar surface area (TPSA) is 52.5 Å². The second-order valence-electron chi connectivity index (χ2n) is 4.72. The number of phenolic OH excluding ortho intramolecular Hbond substituents is 1. The number of halogens is 2. The minimum Gasteiger partial charge on any atom is -0.508 e. The summed E-state index contributed by atoms with van der Waals surface area (Å²) in [5.41, 5.74) is 1.97. The van der Waals surface area contributed by atoms with E-state index < -0.39 is 19.1 Å². The molecule has 0 bridgehead atoms. The van der Waals surface area contributed by atoms with Gasteiger partial charge in [-0.2, -0.15) is 0 Å². The van der Waals surface area contributed by atoms with Crippen LogP contribution in [0.4, 0.5) is 8.78 Å². The Labute approximate surface area is 104 Å². The predicted molar refractivity (Wildman–Crippen MR) is 63.8 cm³/mol. The van der Waals surface area contributed by atoms with Gasteiger partial charge in [0.15, 0.2) is 0 Å². The largest absolute Gasteiger partial charge is 0.508 e. The number of aliphatic hydroxyl groups is 1. The highest BCUT2D eigenvalue weighted by atomic mass is 19.3. The highest BCUT2D eigenvalue weighted by Gasteiger charge is 2.30. The quantitative estimate of drug-likeness (QED) is 0.773. The fourth-order valence-corrected chi connectivity index (χ4v) is 2.33. The van der Waals surface area contributed by atoms with Gasteiger partial charge in [-0.15, -0.1) is 0 Å². The number of nitrogens with one attached hydrogen (secondary N) is 1. The Kier molecular flexibility index (Phi) is 3.82. The van der Waals surface area contributed by atoms with E-state index in [-0.39, 0.29) is 11.8 Å². The minimum absolute atomic E-state index is 0.149. The third-order valence-electron chi connectivity index (χ3n) is 3.28. The summed E-state index contributed by atoms with van der Waals surface area (Å²) in [6.45, 7) is -1.71. The number of phenols is 1. The summed E-state index contributed by atoms with van der Waals surface area (Å²) < 4.78 is 26.0. The van der Waals surface area contributed by atoms with Crippen LogP contribution in [0.1, 0.15) is 30.0 Å². The van der Waals surface area contributed by atoms with Gasteiger partial charge in [0.25, 0.3) is 5.92 Å². The van der Waals surface area contributed by atoms with Crippen molar-refractivity contribution in [1.29, 1.82) is 0 Å². The Hall–Kier alpha value is -1.20. The van der Waals surface area contributed by atoms with Crippen molar-refractivity contribution in [2.45, 2.75) is 31.2 Å². The van der Waals surface area contributed by atoms with Gasteiger partial charge < -0.3 is 15.5 Å². The van der Waals surface area contributed by atoms with E-state index in [0.717, 1.165) is 30.4 Å². The van der Waals surface area contributed by atoms with E-state index >= 15 is 0 Å². The number of alkyl halides is 2. The van der Waals surface area contributed by atoms with Crippen LogP contribution in [-0.4, -0.2) is 29.3 Å². The summed E-state index contributed by atoms with van der Waals surface area (Å²) >= 11 is 0. The van der Waals surface area contributed by atoms with Crippen molar-refractivity contribution in [3.8, 4) is 5.75 Å². The number of benzene rings is 1. The minimum atomic E-state index is -3.10. The monoisotopic (exact) mass is 257 g/mol. The number of rotatable bonds is 4. The van der Waals surface area contributed by atoms with Crippen molar-refractivity contribution < 1.29 is 19.0 Å². The number of hydrogen-bond donors (Lipinski definition) is 3. The predicted octanol–water partition coefficient (Wildman–Crippen LogP) is 1.99. The molecule has 0 aromatic heterocycles. The van der Waals surface area contributed by atoms with Gasteiger partial charge in [-0.05, 0) is 42.5 Å². The van der Waals surface area contributed by atoms with E-state index in [1.165, 1.54) is 0 Å². The summed E-state index contributed by atoms with van der Waals surface area (Å²) in [4.78, 5) is 0. The average molecular weight is 257 g/mol. The first-order chi connectivity index (χ1) is 8.52. The molecule has 100 valence electrons. The SMILES string of the molecule is OCC(F)(F)CNC1CCCc2ccc(O)cc21. The molecule has 5 heteroatoms. The molecule has 0 saturated heterocycles. The molecule has 3 nitrogen and oxygen atoms in total. The molecule has 1 aromatic rings. The molecule has 18 heavy (non-hydrogen) atoms. The Bertz CT molecular complexity index is 423. The van der Waals surface area contributed by atoms with Gasteiger partial charge in [0.2, 0.25) is 0 Å². The van der Waals surface area contributed by atoms with E-state index in [2.05, 4.69) is 5.32 Å². The second-order valence-corrected chi connectivity index (χ2v) is 4.72. The summed E-state index contributed by atoms with van der Waals surface area (Å²) in [5.74, 6) is -2.95. The molecular weight excluding hydrogens is 240 g/mol. The lowest BCUT2D eigenvalue weighted by Gasteiger charge is -2.28. The van der Waals surface area contributed by atoms with Crippen molar-refractivity contribution in [2.24, 2.45) is 0 Å². The first-order valence-electron chi connectivity index (χ1n) is 6.06. The average Bonchev–Trinajstić information content (AvgIpc) is 2.36. The number of aryl methyl sites for hydroxylation is 1. The van der Waals surface area contributed by atoms with E-state index in [0.29, 0.717) is 0 Å². The number of fused-ring (bicyclic) bond motifs is 1. The molecule has 1 aliphatic carbocycles. The Morgan fingerprint density at radius 2 is 2.17 bits per heavy atom. The van der Waals surface area contributed by atoms with Crippen LogP contribution in [-0.2, 0) is 6.42 Å². The van der Waals surface area contributed by atoms with E-state index in [1.807, 2.05) is 6.07 Å². The lowest BCUT2D eigenvalue weighted by molar-refractivity contribution is -0.0496. The second kappa shape index (κ2) is 5.20. The molecule has 0 heterocycles. The van der Waals surface area contributed by atoms with Gasteiger partial charge in [0.05, 0.1) is 6.54 Å². The van der Waals surface area contributed by atoms with Crippen LogP contribution in [0.25, 0.3) is 0 Å². The fraction of sp³-hybridized carbons (Fsp3) is 0.538. The van der Waals surface area contributed by atoms with E-state index in [1.54, 1.807) is 12.1 Å². The van der Waals surface area contributed by atoms with Crippen molar-refractivity contribution in [1.82, 2.24) is 5.32 Å². The highest BCUT2D eigenvalue weighted by Crippen LogP contribution is 2.32. The maximum absolute atomic E-state index is 13.0. The normalized spacial score (nSPS) is 19.6. The lowest BCUT2D eigenvalue weighted by Crippen LogP contribution is -2.38. The van der Waals surface area contributed by atoms with Gasteiger partial charge in [0.1, 0.15) is 12.4 Å². The number of aromatic hydroxyl groups is 1. The molecule has 3 N–H and O–H groups in total. The number of aliphatic hydroxyl groups excluding tert-OH is 1. The van der Waals surface area contributed by atoms with Crippen molar-refractivity contribution in [2.75, 3.05) is 13.2 Å². The van der Waals surface area contributed by atoms with Crippen molar-refractivity contribution in [3.63, 3.8) is 0 Å². The van der Waals surface area contributed by atoms with Crippen LogP contribution >= 0.6 is 0 Å². The third-order valence-corrected chi connectivity index (χ3v) is 3.28. The standard InChI is InChI=1S/C13H17F2NO2/c14-13(15,8-17)7-16-12-3-1-2-9-4-5-10(18)6-11(9)12/h4-6,12,16-18H,1-3,7-8H2. The molecule has 0 spiro atoms. The molecule has 1 unspecified atom stereocenters. The molecule has 0 aliphatic heterocycles. The van der Waals surface area contributed by atoms with Crippen LogP contribution in [0.2, 0.25) is 0 Å². The maximum atomic E-state index is 13.0. The van der Waals surface area contributed by atoms with Crippen LogP contribution in [0.5, 0.6) is 5.75 Å². The zero-order valence-corrected chi connectivity index (χ0v) is 10.00.